The Morgan fingerprint density at radius 1 is 1.22 bits per heavy atom. The first-order chi connectivity index (χ1) is 17.7. The van der Waals surface area contributed by atoms with Crippen LogP contribution in [0.15, 0.2) is 49.1 Å². The van der Waals surface area contributed by atoms with E-state index in [1.54, 1.807) is 36.5 Å². The van der Waals surface area contributed by atoms with Gasteiger partial charge >= 0.3 is 0 Å². The lowest BCUT2D eigenvalue weighted by atomic mass is 10.1. The number of benzene rings is 1. The number of nitrogens with zero attached hydrogens (tertiary/aromatic N) is 7. The average molecular weight is 549 g/mol. The Morgan fingerprint density at radius 3 is 2.62 bits per heavy atom. The summed E-state index contributed by atoms with van der Waals surface area (Å²) in [7, 11) is 0.902. The first kappa shape index (κ1) is 26.8. The molecule has 1 aliphatic rings. The van der Waals surface area contributed by atoms with Crippen LogP contribution >= 0.6 is 11.6 Å². The second-order valence-corrected chi connectivity index (χ2v) is 11.2. The Hall–Kier alpha value is -3.26. The monoisotopic (exact) mass is 548 g/mol. The highest BCUT2D eigenvalue weighted by Gasteiger charge is 2.36. The number of hydrogen-bond donors (Lipinski definition) is 1. The van der Waals surface area contributed by atoms with Crippen LogP contribution in [0.2, 0.25) is 5.15 Å². The van der Waals surface area contributed by atoms with Crippen molar-refractivity contribution < 1.29 is 17.9 Å². The average Bonchev–Trinajstić information content (AvgIpc) is 3.42. The number of halogens is 1. The molecule has 1 N–H and O–H groups in total. The molecule has 14 heteroatoms. The smallest absolute Gasteiger partial charge is 0.281 e. The van der Waals surface area contributed by atoms with Gasteiger partial charge in [-0.05, 0) is 17.7 Å². The van der Waals surface area contributed by atoms with Crippen molar-refractivity contribution >= 4 is 33.5 Å². The summed E-state index contributed by atoms with van der Waals surface area (Å²) in [5, 5.41) is 3.14. The van der Waals surface area contributed by atoms with Gasteiger partial charge in [-0.3, -0.25) is 9.36 Å². The molecule has 0 bridgehead atoms. The first-order valence-electron chi connectivity index (χ1n) is 11.5. The number of aromatic nitrogens is 4. The molecule has 12 nitrogen and oxygen atoms in total. The van der Waals surface area contributed by atoms with Crippen LogP contribution in [0.5, 0.6) is 5.75 Å². The number of piperazine rings is 1. The number of amides is 1. The minimum Gasteiger partial charge on any atom is -0.497 e. The van der Waals surface area contributed by atoms with Crippen molar-refractivity contribution in [3.8, 4) is 11.7 Å². The van der Waals surface area contributed by atoms with Gasteiger partial charge in [-0.25, -0.2) is 9.97 Å². The van der Waals surface area contributed by atoms with Gasteiger partial charge in [0, 0.05) is 65.2 Å². The second kappa shape index (κ2) is 11.4. The highest BCUT2D eigenvalue weighted by atomic mass is 35.5. The number of carbonyl (C=O) groups is 1. The van der Waals surface area contributed by atoms with Crippen molar-refractivity contribution in [1.29, 1.82) is 0 Å². The predicted molar refractivity (Wildman–Crippen MR) is 139 cm³/mol. The Kier molecular flexibility index (Phi) is 8.27. The normalized spacial score (nSPS) is 16.7. The molecule has 37 heavy (non-hydrogen) atoms. The molecule has 1 fully saturated rings. The van der Waals surface area contributed by atoms with Crippen LogP contribution in [0.3, 0.4) is 0 Å². The molecule has 1 amide bonds. The number of carbonyl (C=O) groups excluding carboxylic acids is 1. The minimum absolute atomic E-state index is 0.0532. The minimum atomic E-state index is -3.66. The molecule has 1 aromatic carbocycles. The molecule has 2 aromatic heterocycles. The van der Waals surface area contributed by atoms with E-state index < -0.39 is 16.3 Å². The molecule has 1 atom stereocenters. The van der Waals surface area contributed by atoms with Crippen LogP contribution in [0.4, 0.5) is 5.82 Å². The molecule has 1 aliphatic heterocycles. The third kappa shape index (κ3) is 6.36. The van der Waals surface area contributed by atoms with E-state index in [1.165, 1.54) is 22.7 Å². The summed E-state index contributed by atoms with van der Waals surface area (Å²) < 4.78 is 35.0. The fourth-order valence-electron chi connectivity index (χ4n) is 4.01. The molecule has 3 heterocycles. The summed E-state index contributed by atoms with van der Waals surface area (Å²) in [4.78, 5) is 27.8. The number of imidazole rings is 1. The summed E-state index contributed by atoms with van der Waals surface area (Å²) in [6, 6.07) is 8.52. The lowest BCUT2D eigenvalue weighted by molar-refractivity contribution is -0.121. The standard InChI is InChI=1S/C23H29ClN8O4S/c1-29(2)37(34,35)31-10-11-32(21-13-20(24)27-23(28-21)30-9-8-25-16-30)18(15-31)12-22(33)26-14-17-4-6-19(36-3)7-5-17/h4-9,13,16,18H,10-12,14-15H2,1-3H3,(H,26,33). The lowest BCUT2D eigenvalue weighted by Crippen LogP contribution is -2.58. The van der Waals surface area contributed by atoms with Crippen molar-refractivity contribution in [2.24, 2.45) is 0 Å². The largest absolute Gasteiger partial charge is 0.497 e. The van der Waals surface area contributed by atoms with Gasteiger partial charge < -0.3 is 15.0 Å². The van der Waals surface area contributed by atoms with Crippen molar-refractivity contribution in [3.05, 3.63) is 59.8 Å². The van der Waals surface area contributed by atoms with Gasteiger partial charge in [0.1, 0.15) is 23.0 Å². The van der Waals surface area contributed by atoms with Gasteiger partial charge in [-0.2, -0.15) is 22.0 Å². The summed E-state index contributed by atoms with van der Waals surface area (Å²) in [5.41, 5.74) is 0.916. The summed E-state index contributed by atoms with van der Waals surface area (Å²) in [5.74, 6) is 1.34. The Bertz CT molecular complexity index is 1320. The maximum atomic E-state index is 13.0. The van der Waals surface area contributed by atoms with E-state index in [9.17, 15) is 13.2 Å². The third-order valence-corrected chi connectivity index (χ3v) is 8.10. The van der Waals surface area contributed by atoms with Gasteiger partial charge in [-0.1, -0.05) is 23.7 Å². The van der Waals surface area contributed by atoms with Crippen LogP contribution in [-0.2, 0) is 21.5 Å². The van der Waals surface area contributed by atoms with E-state index in [0.717, 1.165) is 11.3 Å². The molecule has 1 unspecified atom stereocenters. The molecule has 0 saturated carbocycles. The Labute approximate surface area is 221 Å². The number of methoxy groups -OCH3 is 1. The van der Waals surface area contributed by atoms with E-state index >= 15 is 0 Å². The predicted octanol–water partition coefficient (Wildman–Crippen LogP) is 1.33. The van der Waals surface area contributed by atoms with E-state index in [4.69, 9.17) is 16.3 Å². The van der Waals surface area contributed by atoms with E-state index in [0.29, 0.717) is 24.9 Å². The summed E-state index contributed by atoms with van der Waals surface area (Å²) in [6.45, 7) is 0.991. The first-order valence-corrected chi connectivity index (χ1v) is 13.3. The fraction of sp³-hybridized carbons (Fsp3) is 0.391. The zero-order valence-corrected chi connectivity index (χ0v) is 22.4. The van der Waals surface area contributed by atoms with E-state index in [1.807, 2.05) is 29.2 Å². The zero-order valence-electron chi connectivity index (χ0n) is 20.8. The quantitative estimate of drug-likeness (QED) is 0.397. The summed E-state index contributed by atoms with van der Waals surface area (Å²) >= 11 is 6.31. The molecule has 0 spiro atoms. The van der Waals surface area contributed by atoms with Gasteiger partial charge in [0.05, 0.1) is 13.2 Å². The number of rotatable bonds is 9. The molecule has 1 saturated heterocycles. The van der Waals surface area contributed by atoms with Crippen molar-refractivity contribution in [3.63, 3.8) is 0 Å². The zero-order chi connectivity index (χ0) is 26.6. The second-order valence-electron chi connectivity index (χ2n) is 8.64. The fourth-order valence-corrected chi connectivity index (χ4v) is 5.32. The van der Waals surface area contributed by atoms with Crippen LogP contribution < -0.4 is 15.0 Å². The maximum Gasteiger partial charge on any atom is 0.281 e. The van der Waals surface area contributed by atoms with E-state index in [2.05, 4.69) is 20.3 Å². The maximum absolute atomic E-state index is 13.0. The molecule has 3 aromatic rings. The van der Waals surface area contributed by atoms with E-state index in [-0.39, 0.29) is 30.6 Å². The number of anilines is 1. The molecule has 4 rings (SSSR count). The SMILES string of the molecule is COc1ccc(CNC(=O)CC2CN(S(=O)(=O)N(C)C)CCN2c2cc(Cl)nc(-n3ccnc3)n2)cc1. The topological polar surface area (TPSA) is 126 Å². The molecular weight excluding hydrogens is 520 g/mol. The van der Waals surface area contributed by atoms with Crippen LogP contribution in [-0.4, -0.2) is 89.3 Å². The number of ether oxygens (including phenoxy) is 1. The Morgan fingerprint density at radius 2 is 1.97 bits per heavy atom. The highest BCUT2D eigenvalue weighted by molar-refractivity contribution is 7.86. The van der Waals surface area contributed by atoms with Crippen LogP contribution in [0.1, 0.15) is 12.0 Å². The van der Waals surface area contributed by atoms with Gasteiger partial charge in [0.25, 0.3) is 10.2 Å². The van der Waals surface area contributed by atoms with Gasteiger partial charge in [-0.15, -0.1) is 0 Å². The molecule has 198 valence electrons. The molecule has 0 radical (unpaired) electrons. The van der Waals surface area contributed by atoms with Gasteiger partial charge in [0.2, 0.25) is 11.9 Å². The highest BCUT2D eigenvalue weighted by Crippen LogP contribution is 2.25. The van der Waals surface area contributed by atoms with Gasteiger partial charge in [0.15, 0.2) is 0 Å². The molecular formula is C23H29ClN8O4S. The Balaban J connectivity index is 1.55. The van der Waals surface area contributed by atoms with Crippen molar-refractivity contribution in [1.82, 2.24) is 33.4 Å². The molecule has 0 aliphatic carbocycles. The lowest BCUT2D eigenvalue weighted by Gasteiger charge is -2.41. The summed E-state index contributed by atoms with van der Waals surface area (Å²) in [6.07, 6.45) is 4.91. The van der Waals surface area contributed by atoms with Crippen molar-refractivity contribution in [2.45, 2.75) is 19.0 Å². The van der Waals surface area contributed by atoms with Crippen LogP contribution in [0.25, 0.3) is 5.95 Å². The number of hydrogen-bond acceptors (Lipinski definition) is 8. The van der Waals surface area contributed by atoms with Crippen molar-refractivity contribution in [2.75, 3.05) is 45.7 Å². The van der Waals surface area contributed by atoms with Crippen LogP contribution in [0, 0.1) is 0 Å². The number of nitrogens with one attached hydrogen (secondary N) is 1. The third-order valence-electron chi connectivity index (χ3n) is 6.00.